The van der Waals surface area contributed by atoms with Crippen LogP contribution in [0.15, 0.2) is 97.1 Å². The molecule has 4 aromatic carbocycles. The van der Waals surface area contributed by atoms with Crippen molar-refractivity contribution in [2.75, 3.05) is 6.61 Å². The molecule has 2 aromatic heterocycles. The topological polar surface area (TPSA) is 128 Å². The number of phenols is 1. The fourth-order valence-electron chi connectivity index (χ4n) is 4.53. The Hall–Kier alpha value is -5.26. The number of aryl methyl sites for hydroxylation is 2. The Bertz CT molecular complexity index is 2260. The molecule has 6 rings (SSSR count). The third-order valence-corrected chi connectivity index (χ3v) is 12.8. The SMILES string of the molecule is BrCc1ccccc1.[C-]#[N+]c1cc(-c2nc(C)c(C(=O)O)[se]2)ccc1OCc1ccccc1.[C-]#[N+]c1cc(-c2nc(C)c(C(=O)OCC)[se]2)ccc1O. The third kappa shape index (κ3) is 11.4. The van der Waals surface area contributed by atoms with Crippen molar-refractivity contribution < 1.29 is 29.3 Å². The molecule has 10 nitrogen and oxygen atoms in total. The zero-order valence-electron chi connectivity index (χ0n) is 28.9. The van der Waals surface area contributed by atoms with E-state index in [1.807, 2.05) is 54.6 Å². The molecule has 53 heavy (non-hydrogen) atoms. The van der Waals surface area contributed by atoms with Crippen molar-refractivity contribution in [2.45, 2.75) is 32.7 Å². The van der Waals surface area contributed by atoms with E-state index in [0.717, 1.165) is 31.2 Å². The van der Waals surface area contributed by atoms with Crippen LogP contribution in [-0.4, -0.2) is 67.7 Å². The van der Waals surface area contributed by atoms with Crippen LogP contribution < -0.4 is 4.74 Å². The molecule has 0 aliphatic carbocycles. The van der Waals surface area contributed by atoms with Crippen molar-refractivity contribution in [1.82, 2.24) is 9.97 Å². The summed E-state index contributed by atoms with van der Waals surface area (Å²) in [5.74, 6) is -0.792. The predicted octanol–water partition coefficient (Wildman–Crippen LogP) is 9.07. The van der Waals surface area contributed by atoms with Crippen LogP contribution in [0.3, 0.4) is 0 Å². The molecule has 2 heterocycles. The number of alkyl halides is 1. The summed E-state index contributed by atoms with van der Waals surface area (Å²) in [5, 5.41) is 19.6. The number of carboxylic acid groups (broad SMARTS) is 1. The van der Waals surface area contributed by atoms with Gasteiger partial charge < -0.3 is 0 Å². The maximum absolute atomic E-state index is 11.8. The summed E-state index contributed by atoms with van der Waals surface area (Å²) in [6, 6.07) is 30.1. The zero-order valence-corrected chi connectivity index (χ0v) is 33.9. The molecular formula is C40H33BrN4O6Se2. The van der Waals surface area contributed by atoms with E-state index in [9.17, 15) is 19.8 Å². The van der Waals surface area contributed by atoms with Crippen LogP contribution in [0.2, 0.25) is 0 Å². The normalized spacial score (nSPS) is 10.0. The van der Waals surface area contributed by atoms with Crippen molar-refractivity contribution in [3.05, 3.63) is 151 Å². The van der Waals surface area contributed by atoms with Gasteiger partial charge in [-0.25, -0.2) is 0 Å². The average molecular weight is 904 g/mol. The summed E-state index contributed by atoms with van der Waals surface area (Å²) < 4.78 is 13.2. The Labute approximate surface area is 328 Å². The summed E-state index contributed by atoms with van der Waals surface area (Å²) in [4.78, 5) is 38.5. The summed E-state index contributed by atoms with van der Waals surface area (Å²) >= 11 is 2.75. The summed E-state index contributed by atoms with van der Waals surface area (Å²) in [6.45, 7) is 20.3. The number of esters is 1. The van der Waals surface area contributed by atoms with Gasteiger partial charge >= 0.3 is 273 Å². The molecule has 0 bridgehead atoms. The van der Waals surface area contributed by atoms with Crippen LogP contribution in [0.4, 0.5) is 11.4 Å². The minimum atomic E-state index is -0.926. The van der Waals surface area contributed by atoms with E-state index in [0.29, 0.717) is 44.9 Å². The summed E-state index contributed by atoms with van der Waals surface area (Å²) in [7, 11) is 0. The Morgan fingerprint density at radius 1 is 0.774 bits per heavy atom. The number of aromatic nitrogens is 2. The van der Waals surface area contributed by atoms with Gasteiger partial charge in [0.15, 0.2) is 0 Å². The number of aromatic carboxylic acids is 1. The number of rotatable bonds is 9. The van der Waals surface area contributed by atoms with E-state index >= 15 is 0 Å². The van der Waals surface area contributed by atoms with Gasteiger partial charge in [-0.05, 0) is 5.56 Å². The van der Waals surface area contributed by atoms with Gasteiger partial charge in [0.25, 0.3) is 0 Å². The first-order valence-corrected chi connectivity index (χ1v) is 20.5. The molecule has 0 aliphatic heterocycles. The molecule has 268 valence electrons. The number of ether oxygens (including phenoxy) is 2. The van der Waals surface area contributed by atoms with Crippen molar-refractivity contribution in [1.29, 1.82) is 0 Å². The number of phenolic OH excluding ortho intramolecular Hbond substituents is 1. The number of carbonyl (C=O) groups is 2. The Kier molecular flexibility index (Phi) is 15.4. The van der Waals surface area contributed by atoms with Crippen molar-refractivity contribution >= 4 is 68.3 Å². The predicted molar refractivity (Wildman–Crippen MR) is 210 cm³/mol. The molecule has 0 spiro atoms. The number of benzene rings is 4. The number of halogens is 1. The Morgan fingerprint density at radius 2 is 1.30 bits per heavy atom. The summed E-state index contributed by atoms with van der Waals surface area (Å²) in [5.41, 5.74) is 5.66. The molecular weight excluding hydrogens is 870 g/mol. The van der Waals surface area contributed by atoms with Gasteiger partial charge in [0.2, 0.25) is 0 Å². The second kappa shape index (κ2) is 20.1. The number of aromatic hydroxyl groups is 1. The quantitative estimate of drug-likeness (QED) is 0.0637. The Balaban J connectivity index is 0.000000199. The van der Waals surface area contributed by atoms with E-state index in [1.165, 1.54) is 11.6 Å². The number of hydrogen-bond acceptors (Lipinski definition) is 7. The Morgan fingerprint density at radius 3 is 1.81 bits per heavy atom. The first-order valence-electron chi connectivity index (χ1n) is 15.9. The number of carbonyl (C=O) groups excluding carboxylic acids is 1. The van der Waals surface area contributed by atoms with Gasteiger partial charge in [-0.15, -0.1) is 0 Å². The number of hydrogen-bond donors (Lipinski definition) is 2. The van der Waals surface area contributed by atoms with Crippen LogP contribution in [0, 0.1) is 27.0 Å². The van der Waals surface area contributed by atoms with Crippen molar-refractivity contribution in [2.24, 2.45) is 0 Å². The molecule has 0 unspecified atom stereocenters. The molecule has 6 aromatic rings. The van der Waals surface area contributed by atoms with Gasteiger partial charge in [0, 0.05) is 5.33 Å². The molecule has 0 saturated carbocycles. The second-order valence-electron chi connectivity index (χ2n) is 10.9. The molecule has 0 atom stereocenters. The van der Waals surface area contributed by atoms with E-state index < -0.39 is 5.97 Å². The second-order valence-corrected chi connectivity index (χ2v) is 15.6. The van der Waals surface area contributed by atoms with E-state index in [1.54, 1.807) is 45.0 Å². The average Bonchev–Trinajstić information content (AvgIpc) is 3.78. The third-order valence-electron chi connectivity index (χ3n) is 7.15. The molecule has 0 saturated heterocycles. The molecule has 0 fully saturated rings. The fourth-order valence-corrected chi connectivity index (χ4v) is 8.80. The maximum atomic E-state index is 11.8. The van der Waals surface area contributed by atoms with Gasteiger partial charge in [-0.2, -0.15) is 0 Å². The molecule has 0 radical (unpaired) electrons. The zero-order chi connectivity index (χ0) is 38.3. The minimum absolute atomic E-state index is 0.0508. The monoisotopic (exact) mass is 904 g/mol. The van der Waals surface area contributed by atoms with Gasteiger partial charge in [-0.1, -0.05) is 46.3 Å². The summed E-state index contributed by atoms with van der Waals surface area (Å²) in [6.07, 6.45) is 0. The molecule has 0 amide bonds. The van der Waals surface area contributed by atoms with Crippen molar-refractivity contribution in [3.63, 3.8) is 0 Å². The van der Waals surface area contributed by atoms with Crippen LogP contribution in [0.25, 0.3) is 30.0 Å². The first kappa shape index (κ1) is 40.5. The van der Waals surface area contributed by atoms with E-state index in [2.05, 4.69) is 47.7 Å². The number of nitrogens with zero attached hydrogens (tertiary/aromatic N) is 4. The van der Waals surface area contributed by atoms with Crippen LogP contribution >= 0.6 is 15.9 Å². The number of carboxylic acids is 1. The van der Waals surface area contributed by atoms with Crippen LogP contribution in [0.1, 0.15) is 47.9 Å². The molecule has 13 heteroatoms. The fraction of sp³-hybridized carbons (Fsp3) is 0.150. The standard InChI is InChI=1S/C19H14N2O3Se.C14H12N2O3Se.C7H7Br/c1-12-17(19(22)23)25-18(21-12)14-8-9-16(15(10-14)20-2)24-11-13-6-4-3-5-7-13;1-4-19-14(18)12-8(2)16-13(20-12)9-5-6-11(17)10(7-9)15-3;8-6-7-4-2-1-3-5-7/h3-10H,11H2,1H3,(H,22,23);5-7,17H,4H2,1-2H3;1-5H,6H2. The van der Waals surface area contributed by atoms with Crippen LogP contribution in [-0.2, 0) is 16.7 Å². The van der Waals surface area contributed by atoms with Crippen molar-refractivity contribution in [3.8, 4) is 31.8 Å². The van der Waals surface area contributed by atoms with Gasteiger partial charge in [-0.3, -0.25) is 0 Å². The first-order chi connectivity index (χ1) is 25.6. The van der Waals surface area contributed by atoms with E-state index in [4.69, 9.17) is 22.6 Å². The molecule has 0 aliphatic rings. The van der Waals surface area contributed by atoms with Crippen LogP contribution in [0.5, 0.6) is 11.5 Å². The molecule has 2 N–H and O–H groups in total. The van der Waals surface area contributed by atoms with Gasteiger partial charge in [0.05, 0.1) is 0 Å². The van der Waals surface area contributed by atoms with Gasteiger partial charge in [0.1, 0.15) is 0 Å². The van der Waals surface area contributed by atoms with E-state index in [-0.39, 0.29) is 46.4 Å².